The Labute approximate surface area is 216 Å². The van der Waals surface area contributed by atoms with Crippen molar-refractivity contribution >= 4 is 41.1 Å². The highest BCUT2D eigenvalue weighted by Crippen LogP contribution is 2.27. The zero-order valence-corrected chi connectivity index (χ0v) is 21.7. The lowest BCUT2D eigenvalue weighted by atomic mass is 10.1. The number of benzene rings is 2. The minimum Gasteiger partial charge on any atom is -0.470 e. The molecule has 1 aliphatic heterocycles. The Hall–Kier alpha value is -2.47. The molecule has 0 aliphatic carbocycles. The molecular weight excluding hydrogens is 515 g/mol. The molecule has 1 fully saturated rings. The van der Waals surface area contributed by atoms with Crippen molar-refractivity contribution in [2.24, 2.45) is 10.2 Å². The van der Waals surface area contributed by atoms with Gasteiger partial charge < -0.3 is 4.74 Å². The van der Waals surface area contributed by atoms with E-state index in [-0.39, 0.29) is 17.5 Å². The Morgan fingerprint density at radius 2 is 1.83 bits per heavy atom. The van der Waals surface area contributed by atoms with Crippen molar-refractivity contribution in [2.45, 2.75) is 32.9 Å². The third kappa shape index (κ3) is 7.52. The van der Waals surface area contributed by atoms with Crippen LogP contribution in [0.4, 0.5) is 18.9 Å². The molecule has 3 rings (SSSR count). The predicted molar refractivity (Wildman–Crippen MR) is 139 cm³/mol. The Kier molecular flexibility index (Phi) is 10.3. The number of nitrogens with zero attached hydrogens (tertiary/aromatic N) is 5. The van der Waals surface area contributed by atoms with Crippen molar-refractivity contribution in [2.75, 3.05) is 37.1 Å². The SMILES string of the molecule is C=N/N=C(\OCC(F)F)c1ccc(CN(c2ccc(F)c(Cl)c2)S(=O)N2CCN(C(C)C)CC2)cc1. The first-order valence-electron chi connectivity index (χ1n) is 11.4. The minimum atomic E-state index is -2.66. The second-order valence-electron chi connectivity index (χ2n) is 8.37. The van der Waals surface area contributed by atoms with Crippen LogP contribution in [0.25, 0.3) is 0 Å². The van der Waals surface area contributed by atoms with Crippen molar-refractivity contribution in [1.29, 1.82) is 0 Å². The van der Waals surface area contributed by atoms with E-state index in [4.69, 9.17) is 16.3 Å². The van der Waals surface area contributed by atoms with Gasteiger partial charge in [0.2, 0.25) is 5.90 Å². The highest BCUT2D eigenvalue weighted by Gasteiger charge is 2.27. The molecule has 1 unspecified atom stereocenters. The third-order valence-corrected chi connectivity index (χ3v) is 7.45. The molecule has 7 nitrogen and oxygen atoms in total. The molecule has 0 N–H and O–H groups in total. The van der Waals surface area contributed by atoms with E-state index in [1.54, 1.807) is 28.6 Å². The van der Waals surface area contributed by atoms with Gasteiger partial charge in [0.25, 0.3) is 6.43 Å². The molecule has 0 saturated carbocycles. The van der Waals surface area contributed by atoms with Gasteiger partial charge in [-0.1, -0.05) is 23.7 Å². The van der Waals surface area contributed by atoms with Crippen LogP contribution in [-0.4, -0.2) is 71.3 Å². The zero-order chi connectivity index (χ0) is 26.2. The summed E-state index contributed by atoms with van der Waals surface area (Å²) in [7, 11) is 0. The van der Waals surface area contributed by atoms with E-state index >= 15 is 0 Å². The second kappa shape index (κ2) is 13.2. The van der Waals surface area contributed by atoms with Gasteiger partial charge >= 0.3 is 0 Å². The molecule has 36 heavy (non-hydrogen) atoms. The van der Waals surface area contributed by atoms with Crippen LogP contribution in [0.5, 0.6) is 0 Å². The number of hydrogen-bond acceptors (Lipinski definition) is 5. The molecule has 196 valence electrons. The molecule has 2 aromatic rings. The summed E-state index contributed by atoms with van der Waals surface area (Å²) in [6.45, 7) is 9.71. The second-order valence-corrected chi connectivity index (χ2v) is 10.2. The molecular formula is C24H29ClF3N5O2S. The van der Waals surface area contributed by atoms with Gasteiger partial charge in [0.15, 0.2) is 17.8 Å². The molecule has 0 amide bonds. The van der Waals surface area contributed by atoms with Crippen molar-refractivity contribution in [3.05, 3.63) is 64.4 Å². The molecule has 0 spiro atoms. The van der Waals surface area contributed by atoms with Gasteiger partial charge in [0, 0.05) is 44.5 Å². The monoisotopic (exact) mass is 543 g/mol. The van der Waals surface area contributed by atoms with E-state index in [1.165, 1.54) is 18.2 Å². The van der Waals surface area contributed by atoms with E-state index in [0.29, 0.717) is 30.4 Å². The summed E-state index contributed by atoms with van der Waals surface area (Å²) in [5.41, 5.74) is 1.72. The van der Waals surface area contributed by atoms with E-state index in [1.807, 2.05) is 4.31 Å². The summed E-state index contributed by atoms with van der Waals surface area (Å²) in [6, 6.07) is 11.4. The fraction of sp³-hybridized carbons (Fsp3) is 0.417. The summed E-state index contributed by atoms with van der Waals surface area (Å²) in [5.74, 6) is -0.641. The Balaban J connectivity index is 1.82. The average Bonchev–Trinajstić information content (AvgIpc) is 2.87. The summed E-state index contributed by atoms with van der Waals surface area (Å²) in [5, 5.41) is 6.99. The zero-order valence-electron chi connectivity index (χ0n) is 20.1. The Morgan fingerprint density at radius 3 is 2.39 bits per heavy atom. The quantitative estimate of drug-likeness (QED) is 0.247. The lowest BCUT2D eigenvalue weighted by Crippen LogP contribution is -2.52. The molecule has 1 heterocycles. The van der Waals surface area contributed by atoms with E-state index < -0.39 is 30.0 Å². The summed E-state index contributed by atoms with van der Waals surface area (Å²) in [6.07, 6.45) is -2.66. The van der Waals surface area contributed by atoms with E-state index in [2.05, 4.69) is 35.7 Å². The number of piperazine rings is 1. The van der Waals surface area contributed by atoms with Crippen molar-refractivity contribution in [1.82, 2.24) is 9.21 Å². The first kappa shape index (κ1) is 28.1. The van der Waals surface area contributed by atoms with Gasteiger partial charge in [-0.05, 0) is 49.7 Å². The highest BCUT2D eigenvalue weighted by molar-refractivity contribution is 7.84. The maximum absolute atomic E-state index is 13.8. The van der Waals surface area contributed by atoms with Gasteiger partial charge in [0.05, 0.1) is 17.3 Å². The van der Waals surface area contributed by atoms with Crippen LogP contribution >= 0.6 is 11.6 Å². The summed E-state index contributed by atoms with van der Waals surface area (Å²) in [4.78, 5) is 2.32. The van der Waals surface area contributed by atoms with Crippen LogP contribution in [0.2, 0.25) is 5.02 Å². The standard InChI is InChI=1S/C24H29ClF3N5O2S/c1-17(2)31-10-12-32(13-11-31)36(34)33(20-8-9-22(26)21(25)14-20)15-18-4-6-19(7-5-18)24(30-29-3)35-16-23(27)28/h4-9,14,17,23H,3,10-13,15-16H2,1-2H3/b30-24-. The fourth-order valence-corrected chi connectivity index (χ4v) is 5.17. The van der Waals surface area contributed by atoms with Crippen LogP contribution in [-0.2, 0) is 22.5 Å². The number of halogens is 4. The summed E-state index contributed by atoms with van der Waals surface area (Å²) >= 11 is 4.47. The predicted octanol–water partition coefficient (Wildman–Crippen LogP) is 4.73. The third-order valence-electron chi connectivity index (χ3n) is 5.64. The number of ether oxygens (including phenoxy) is 1. The smallest absolute Gasteiger partial charge is 0.272 e. The van der Waals surface area contributed by atoms with Crippen molar-refractivity contribution in [3.8, 4) is 0 Å². The molecule has 1 atom stereocenters. The maximum Gasteiger partial charge on any atom is 0.272 e. The molecule has 0 bridgehead atoms. The largest absolute Gasteiger partial charge is 0.470 e. The lowest BCUT2D eigenvalue weighted by molar-refractivity contribution is 0.0765. The first-order valence-corrected chi connectivity index (χ1v) is 12.8. The average molecular weight is 544 g/mol. The van der Waals surface area contributed by atoms with Gasteiger partial charge in [-0.25, -0.2) is 21.7 Å². The Bertz CT molecular complexity index is 1080. The maximum atomic E-state index is 13.8. The molecule has 12 heteroatoms. The Morgan fingerprint density at radius 1 is 1.17 bits per heavy atom. The van der Waals surface area contributed by atoms with Gasteiger partial charge in [-0.15, -0.1) is 5.10 Å². The summed E-state index contributed by atoms with van der Waals surface area (Å²) < 4.78 is 61.2. The first-order chi connectivity index (χ1) is 17.2. The highest BCUT2D eigenvalue weighted by atomic mass is 35.5. The van der Waals surface area contributed by atoms with Crippen LogP contribution < -0.4 is 4.31 Å². The molecule has 2 aromatic carbocycles. The van der Waals surface area contributed by atoms with Crippen LogP contribution in [0.1, 0.15) is 25.0 Å². The number of alkyl halides is 2. The number of anilines is 1. The lowest BCUT2D eigenvalue weighted by Gasteiger charge is -2.38. The molecule has 0 aromatic heterocycles. The molecule has 0 radical (unpaired) electrons. The van der Waals surface area contributed by atoms with Crippen LogP contribution in [0.15, 0.2) is 52.7 Å². The van der Waals surface area contributed by atoms with Crippen LogP contribution in [0.3, 0.4) is 0 Å². The van der Waals surface area contributed by atoms with E-state index in [0.717, 1.165) is 18.7 Å². The topological polar surface area (TPSA) is 60.7 Å². The van der Waals surface area contributed by atoms with Gasteiger partial charge in [0.1, 0.15) is 5.82 Å². The van der Waals surface area contributed by atoms with Gasteiger partial charge in [-0.2, -0.15) is 5.10 Å². The molecule has 1 saturated heterocycles. The number of hydrogen-bond donors (Lipinski definition) is 0. The molecule has 1 aliphatic rings. The fourth-order valence-electron chi connectivity index (χ4n) is 3.69. The normalized spacial score (nSPS) is 16.4. The van der Waals surface area contributed by atoms with E-state index in [9.17, 15) is 17.4 Å². The minimum absolute atomic E-state index is 0.0663. The number of rotatable bonds is 10. The van der Waals surface area contributed by atoms with Crippen molar-refractivity contribution < 1.29 is 22.1 Å². The van der Waals surface area contributed by atoms with Gasteiger partial charge in [-0.3, -0.25) is 9.21 Å². The van der Waals surface area contributed by atoms with Crippen LogP contribution in [0, 0.1) is 5.82 Å². The van der Waals surface area contributed by atoms with Crippen molar-refractivity contribution in [3.63, 3.8) is 0 Å².